The van der Waals surface area contributed by atoms with Crippen molar-refractivity contribution in [3.05, 3.63) is 24.0 Å². The molecule has 0 aliphatic carbocycles. The molecule has 2 saturated heterocycles. The van der Waals surface area contributed by atoms with Gasteiger partial charge in [0.1, 0.15) is 5.69 Å². The quantitative estimate of drug-likeness (QED) is 0.878. The number of carbonyl (C=O) groups excluding carboxylic acids is 1. The molecule has 0 spiro atoms. The van der Waals surface area contributed by atoms with Gasteiger partial charge >= 0.3 is 0 Å². The molecule has 2 aliphatic rings. The fourth-order valence-corrected chi connectivity index (χ4v) is 3.58. The van der Waals surface area contributed by atoms with Crippen LogP contribution in [-0.4, -0.2) is 53.3 Å². The summed E-state index contributed by atoms with van der Waals surface area (Å²) in [4.78, 5) is 14.7. The molecule has 2 fully saturated rings. The second-order valence-corrected chi connectivity index (χ2v) is 6.20. The Balaban J connectivity index is 1.69. The highest BCUT2D eigenvalue weighted by Crippen LogP contribution is 2.25. The molecule has 5 heteroatoms. The van der Waals surface area contributed by atoms with E-state index in [4.69, 9.17) is 5.11 Å². The summed E-state index contributed by atoms with van der Waals surface area (Å²) in [5, 5.41) is 12.4. The van der Waals surface area contributed by atoms with Gasteiger partial charge in [0.15, 0.2) is 0 Å². The van der Waals surface area contributed by atoms with Crippen molar-refractivity contribution in [2.24, 2.45) is 5.92 Å². The molecule has 3 heterocycles. The van der Waals surface area contributed by atoms with E-state index < -0.39 is 0 Å². The largest absolute Gasteiger partial charge is 0.396 e. The predicted octanol–water partition coefficient (Wildman–Crippen LogP) is 1.26. The molecule has 3 rings (SSSR count). The lowest BCUT2D eigenvalue weighted by Crippen LogP contribution is -2.34. The van der Waals surface area contributed by atoms with Crippen LogP contribution in [0.4, 0.5) is 0 Å². The molecule has 2 N–H and O–H groups in total. The van der Waals surface area contributed by atoms with Crippen LogP contribution in [0.2, 0.25) is 0 Å². The predicted molar refractivity (Wildman–Crippen MR) is 81.3 cm³/mol. The number of aromatic nitrogens is 1. The van der Waals surface area contributed by atoms with Crippen molar-refractivity contribution in [3.8, 4) is 0 Å². The zero-order chi connectivity index (χ0) is 14.7. The first-order valence-electron chi connectivity index (χ1n) is 8.07. The summed E-state index contributed by atoms with van der Waals surface area (Å²) in [6, 6.07) is 4.37. The van der Waals surface area contributed by atoms with Gasteiger partial charge in [0.25, 0.3) is 5.91 Å². The van der Waals surface area contributed by atoms with E-state index in [1.165, 1.54) is 0 Å². The standard InChI is InChI=1S/C16H25N3O2/c20-11-6-13-5-10-18(12-13)16(21)15-2-1-9-19(15)14-3-7-17-8-4-14/h1-2,9,13-14,17,20H,3-8,10-12H2. The summed E-state index contributed by atoms with van der Waals surface area (Å²) in [6.45, 7) is 3.88. The molecular weight excluding hydrogens is 266 g/mol. The molecule has 2 aliphatic heterocycles. The Morgan fingerprint density at radius 1 is 1.33 bits per heavy atom. The Bertz CT molecular complexity index is 480. The van der Waals surface area contributed by atoms with Crippen LogP contribution in [0.25, 0.3) is 0 Å². The Morgan fingerprint density at radius 2 is 2.14 bits per heavy atom. The number of hydrogen-bond acceptors (Lipinski definition) is 3. The minimum absolute atomic E-state index is 0.152. The van der Waals surface area contributed by atoms with Gasteiger partial charge in [-0.3, -0.25) is 4.79 Å². The minimum Gasteiger partial charge on any atom is -0.396 e. The van der Waals surface area contributed by atoms with Crippen molar-refractivity contribution in [2.75, 3.05) is 32.8 Å². The van der Waals surface area contributed by atoms with Gasteiger partial charge in [0.2, 0.25) is 0 Å². The van der Waals surface area contributed by atoms with Gasteiger partial charge in [-0.1, -0.05) is 0 Å². The van der Waals surface area contributed by atoms with Gasteiger partial charge < -0.3 is 19.9 Å². The fourth-order valence-electron chi connectivity index (χ4n) is 3.58. The number of nitrogens with zero attached hydrogens (tertiary/aromatic N) is 2. The van der Waals surface area contributed by atoms with Crippen LogP contribution in [0.1, 0.15) is 42.2 Å². The molecule has 0 radical (unpaired) electrons. The number of rotatable bonds is 4. The maximum atomic E-state index is 12.7. The van der Waals surface area contributed by atoms with Crippen molar-refractivity contribution < 1.29 is 9.90 Å². The molecule has 1 amide bonds. The summed E-state index contributed by atoms with van der Waals surface area (Å²) >= 11 is 0. The number of likely N-dealkylation sites (tertiary alicyclic amines) is 1. The molecule has 0 aromatic carbocycles. The van der Waals surface area contributed by atoms with Gasteiger partial charge in [-0.05, 0) is 56.8 Å². The summed E-state index contributed by atoms with van der Waals surface area (Å²) in [7, 11) is 0. The molecule has 0 saturated carbocycles. The Labute approximate surface area is 125 Å². The van der Waals surface area contributed by atoms with Gasteiger partial charge in [0, 0.05) is 31.9 Å². The van der Waals surface area contributed by atoms with Crippen LogP contribution < -0.4 is 5.32 Å². The van der Waals surface area contributed by atoms with Crippen molar-refractivity contribution >= 4 is 5.91 Å². The van der Waals surface area contributed by atoms with E-state index in [9.17, 15) is 4.79 Å². The zero-order valence-corrected chi connectivity index (χ0v) is 12.5. The Morgan fingerprint density at radius 3 is 2.90 bits per heavy atom. The molecule has 116 valence electrons. The Hall–Kier alpha value is -1.33. The van der Waals surface area contributed by atoms with Crippen LogP contribution in [0.5, 0.6) is 0 Å². The lowest BCUT2D eigenvalue weighted by atomic mass is 10.1. The van der Waals surface area contributed by atoms with E-state index in [-0.39, 0.29) is 12.5 Å². The summed E-state index contributed by atoms with van der Waals surface area (Å²) in [5.41, 5.74) is 0.826. The second kappa shape index (κ2) is 6.62. The molecule has 0 bridgehead atoms. The van der Waals surface area contributed by atoms with E-state index >= 15 is 0 Å². The normalized spacial score (nSPS) is 23.7. The number of aliphatic hydroxyl groups is 1. The average Bonchev–Trinajstić information content (AvgIpc) is 3.17. The number of aliphatic hydroxyl groups excluding tert-OH is 1. The smallest absolute Gasteiger partial charge is 0.270 e. The van der Waals surface area contributed by atoms with E-state index in [0.717, 1.165) is 57.6 Å². The SMILES string of the molecule is O=C(c1cccn1C1CCNCC1)N1CCC(CCO)C1. The van der Waals surface area contributed by atoms with Crippen molar-refractivity contribution in [3.63, 3.8) is 0 Å². The van der Waals surface area contributed by atoms with Gasteiger partial charge in [-0.2, -0.15) is 0 Å². The molecular formula is C16H25N3O2. The lowest BCUT2D eigenvalue weighted by molar-refractivity contribution is 0.0770. The van der Waals surface area contributed by atoms with E-state index in [1.54, 1.807) is 0 Å². The zero-order valence-electron chi connectivity index (χ0n) is 12.5. The first kappa shape index (κ1) is 14.6. The van der Waals surface area contributed by atoms with Crippen LogP contribution in [-0.2, 0) is 0 Å². The number of amides is 1. The van der Waals surface area contributed by atoms with Crippen LogP contribution in [0.15, 0.2) is 18.3 Å². The lowest BCUT2D eigenvalue weighted by Gasteiger charge is -2.27. The molecule has 5 nitrogen and oxygen atoms in total. The third-order valence-electron chi connectivity index (χ3n) is 4.81. The Kier molecular flexibility index (Phi) is 4.60. The highest BCUT2D eigenvalue weighted by molar-refractivity contribution is 5.93. The summed E-state index contributed by atoms with van der Waals surface area (Å²) < 4.78 is 2.17. The molecule has 1 aromatic heterocycles. The third-order valence-corrected chi connectivity index (χ3v) is 4.81. The van der Waals surface area contributed by atoms with E-state index in [1.807, 2.05) is 23.2 Å². The molecule has 1 aromatic rings. The minimum atomic E-state index is 0.152. The van der Waals surface area contributed by atoms with Crippen LogP contribution >= 0.6 is 0 Å². The van der Waals surface area contributed by atoms with Crippen molar-refractivity contribution in [1.82, 2.24) is 14.8 Å². The van der Waals surface area contributed by atoms with Crippen LogP contribution in [0, 0.1) is 5.92 Å². The fraction of sp³-hybridized carbons (Fsp3) is 0.688. The van der Waals surface area contributed by atoms with Crippen molar-refractivity contribution in [2.45, 2.75) is 31.7 Å². The topological polar surface area (TPSA) is 57.5 Å². The number of piperidine rings is 1. The molecule has 1 atom stereocenters. The first-order valence-corrected chi connectivity index (χ1v) is 8.07. The third kappa shape index (κ3) is 3.14. The van der Waals surface area contributed by atoms with Gasteiger partial charge in [-0.25, -0.2) is 0 Å². The highest BCUT2D eigenvalue weighted by Gasteiger charge is 2.29. The van der Waals surface area contributed by atoms with Gasteiger partial charge in [-0.15, -0.1) is 0 Å². The molecule has 21 heavy (non-hydrogen) atoms. The average molecular weight is 291 g/mol. The summed E-state index contributed by atoms with van der Waals surface area (Å²) in [6.07, 6.45) is 6.04. The molecule has 1 unspecified atom stereocenters. The van der Waals surface area contributed by atoms with E-state index in [0.29, 0.717) is 12.0 Å². The van der Waals surface area contributed by atoms with E-state index in [2.05, 4.69) is 9.88 Å². The van der Waals surface area contributed by atoms with Crippen LogP contribution in [0.3, 0.4) is 0 Å². The number of nitrogens with one attached hydrogen (secondary N) is 1. The monoisotopic (exact) mass is 291 g/mol. The first-order chi connectivity index (χ1) is 10.3. The highest BCUT2D eigenvalue weighted by atomic mass is 16.3. The number of carbonyl (C=O) groups is 1. The second-order valence-electron chi connectivity index (χ2n) is 6.20. The maximum absolute atomic E-state index is 12.7. The number of hydrogen-bond donors (Lipinski definition) is 2. The van der Waals surface area contributed by atoms with Crippen molar-refractivity contribution in [1.29, 1.82) is 0 Å². The summed E-state index contributed by atoms with van der Waals surface area (Å²) in [5.74, 6) is 0.611. The maximum Gasteiger partial charge on any atom is 0.270 e. The van der Waals surface area contributed by atoms with Gasteiger partial charge in [0.05, 0.1) is 0 Å².